The summed E-state index contributed by atoms with van der Waals surface area (Å²) >= 11 is 0. The van der Waals surface area contributed by atoms with Gasteiger partial charge in [-0.3, -0.25) is 0 Å². The van der Waals surface area contributed by atoms with E-state index >= 15 is 0 Å². The summed E-state index contributed by atoms with van der Waals surface area (Å²) in [6.07, 6.45) is 1.09. The minimum Gasteiger partial charge on any atom is -0.479 e. The molecule has 1 rings (SSSR count). The van der Waals surface area contributed by atoms with Crippen molar-refractivity contribution in [1.29, 1.82) is 0 Å². The van der Waals surface area contributed by atoms with Gasteiger partial charge in [-0.05, 0) is 36.5 Å². The predicted molar refractivity (Wildman–Crippen MR) is 71.4 cm³/mol. The molecule has 19 heavy (non-hydrogen) atoms. The van der Waals surface area contributed by atoms with Crippen molar-refractivity contribution >= 4 is 5.97 Å². The highest BCUT2D eigenvalue weighted by atomic mass is 19.1. The molecule has 0 aliphatic carbocycles. The fraction of sp³-hybridized carbons (Fsp3) is 0.533. The molecule has 0 spiro atoms. The Morgan fingerprint density at radius 3 is 2.37 bits per heavy atom. The number of halogens is 1. The largest absolute Gasteiger partial charge is 0.479 e. The molecule has 0 heterocycles. The number of carboxylic acid groups (broad SMARTS) is 1. The third-order valence-corrected chi connectivity index (χ3v) is 3.20. The number of rotatable bonds is 7. The van der Waals surface area contributed by atoms with Crippen molar-refractivity contribution in [2.75, 3.05) is 6.61 Å². The summed E-state index contributed by atoms with van der Waals surface area (Å²) in [6.45, 7) is 6.23. The second-order valence-electron chi connectivity index (χ2n) is 5.02. The van der Waals surface area contributed by atoms with Crippen LogP contribution in [-0.4, -0.2) is 17.7 Å². The molecule has 106 valence electrons. The molecule has 1 aromatic rings. The standard InChI is InChI=1S/C15H21FO3/c1-4-15(14(17)18,19-10-9-11(2)3)12-5-7-13(16)8-6-12/h5-8,11H,4,9-10H2,1-3H3,(H,17,18). The van der Waals surface area contributed by atoms with Crippen molar-refractivity contribution in [2.45, 2.75) is 39.2 Å². The second kappa shape index (κ2) is 6.66. The maximum absolute atomic E-state index is 12.9. The van der Waals surface area contributed by atoms with Crippen molar-refractivity contribution in [1.82, 2.24) is 0 Å². The predicted octanol–water partition coefficient (Wildman–Crippen LogP) is 3.58. The zero-order chi connectivity index (χ0) is 14.5. The van der Waals surface area contributed by atoms with E-state index in [1.807, 2.05) is 0 Å². The SMILES string of the molecule is CCC(OCCC(C)C)(C(=O)O)c1ccc(F)cc1. The summed E-state index contributed by atoms with van der Waals surface area (Å²) in [4.78, 5) is 11.6. The van der Waals surface area contributed by atoms with Crippen LogP contribution in [0.5, 0.6) is 0 Å². The average molecular weight is 268 g/mol. The van der Waals surface area contributed by atoms with Gasteiger partial charge in [0.25, 0.3) is 0 Å². The van der Waals surface area contributed by atoms with E-state index in [2.05, 4.69) is 13.8 Å². The highest BCUT2D eigenvalue weighted by Gasteiger charge is 2.39. The molecule has 4 heteroatoms. The van der Waals surface area contributed by atoms with E-state index in [0.717, 1.165) is 6.42 Å². The van der Waals surface area contributed by atoms with Crippen molar-refractivity contribution < 1.29 is 19.0 Å². The maximum Gasteiger partial charge on any atom is 0.340 e. The van der Waals surface area contributed by atoms with Crippen LogP contribution in [0.25, 0.3) is 0 Å². The molecule has 0 saturated carbocycles. The van der Waals surface area contributed by atoms with Crippen molar-refractivity contribution in [3.05, 3.63) is 35.6 Å². The molecule has 0 bridgehead atoms. The number of hydrogen-bond acceptors (Lipinski definition) is 2. The van der Waals surface area contributed by atoms with Gasteiger partial charge in [0.05, 0.1) is 0 Å². The van der Waals surface area contributed by atoms with E-state index in [4.69, 9.17) is 4.74 Å². The smallest absolute Gasteiger partial charge is 0.340 e. The maximum atomic E-state index is 12.9. The van der Waals surface area contributed by atoms with Gasteiger partial charge in [-0.25, -0.2) is 9.18 Å². The molecule has 1 atom stereocenters. The minimum atomic E-state index is -1.39. The van der Waals surface area contributed by atoms with Gasteiger partial charge in [-0.15, -0.1) is 0 Å². The Hall–Kier alpha value is -1.42. The van der Waals surface area contributed by atoms with Crippen molar-refractivity contribution in [2.24, 2.45) is 5.92 Å². The molecule has 0 amide bonds. The van der Waals surface area contributed by atoms with Crippen LogP contribution in [0.2, 0.25) is 0 Å². The lowest BCUT2D eigenvalue weighted by atomic mass is 9.90. The molecular weight excluding hydrogens is 247 g/mol. The van der Waals surface area contributed by atoms with E-state index in [0.29, 0.717) is 24.5 Å². The van der Waals surface area contributed by atoms with E-state index in [9.17, 15) is 14.3 Å². The molecule has 1 N–H and O–H groups in total. The zero-order valence-corrected chi connectivity index (χ0v) is 11.6. The van der Waals surface area contributed by atoms with E-state index in [-0.39, 0.29) is 5.82 Å². The number of carboxylic acids is 1. The monoisotopic (exact) mass is 268 g/mol. The number of hydrogen-bond donors (Lipinski definition) is 1. The van der Waals surface area contributed by atoms with Gasteiger partial charge in [0.1, 0.15) is 5.82 Å². The van der Waals surface area contributed by atoms with E-state index < -0.39 is 11.6 Å². The Labute approximate surface area is 113 Å². The molecule has 0 radical (unpaired) electrons. The third-order valence-electron chi connectivity index (χ3n) is 3.20. The minimum absolute atomic E-state index is 0.298. The molecule has 1 aromatic carbocycles. The summed E-state index contributed by atoms with van der Waals surface area (Å²) in [5.41, 5.74) is -0.907. The molecule has 0 aliphatic rings. The van der Waals surface area contributed by atoms with Gasteiger partial charge in [-0.1, -0.05) is 32.9 Å². The molecule has 1 unspecified atom stereocenters. The van der Waals surface area contributed by atoms with E-state index in [1.165, 1.54) is 24.3 Å². The summed E-state index contributed by atoms with van der Waals surface area (Å²) in [5.74, 6) is -0.983. The Morgan fingerprint density at radius 2 is 1.95 bits per heavy atom. The van der Waals surface area contributed by atoms with Crippen LogP contribution in [-0.2, 0) is 15.1 Å². The normalized spacial score (nSPS) is 14.4. The second-order valence-corrected chi connectivity index (χ2v) is 5.02. The summed E-state index contributed by atoms with van der Waals surface area (Å²) in [5, 5.41) is 9.49. The van der Waals surface area contributed by atoms with Crippen LogP contribution in [0.1, 0.15) is 39.2 Å². The Morgan fingerprint density at radius 1 is 1.37 bits per heavy atom. The summed E-state index contributed by atoms with van der Waals surface area (Å²) in [7, 11) is 0. The summed E-state index contributed by atoms with van der Waals surface area (Å²) in [6, 6.07) is 5.47. The van der Waals surface area contributed by atoms with Crippen LogP contribution in [0.3, 0.4) is 0 Å². The first kappa shape index (κ1) is 15.6. The van der Waals surface area contributed by atoms with Crippen molar-refractivity contribution in [3.8, 4) is 0 Å². The molecule has 3 nitrogen and oxygen atoms in total. The van der Waals surface area contributed by atoms with Crippen LogP contribution < -0.4 is 0 Å². The Balaban J connectivity index is 2.98. The van der Waals surface area contributed by atoms with Crippen LogP contribution in [0.15, 0.2) is 24.3 Å². The van der Waals surface area contributed by atoms with Gasteiger partial charge < -0.3 is 9.84 Å². The first-order valence-electron chi connectivity index (χ1n) is 6.55. The van der Waals surface area contributed by atoms with Gasteiger partial charge in [0.2, 0.25) is 0 Å². The fourth-order valence-corrected chi connectivity index (χ4v) is 1.91. The number of aliphatic carboxylic acids is 1. The first-order chi connectivity index (χ1) is 8.92. The van der Waals surface area contributed by atoms with Crippen LogP contribution in [0.4, 0.5) is 4.39 Å². The van der Waals surface area contributed by atoms with Crippen LogP contribution >= 0.6 is 0 Å². The summed E-state index contributed by atoms with van der Waals surface area (Å²) < 4.78 is 18.6. The molecule has 0 saturated heterocycles. The lowest BCUT2D eigenvalue weighted by molar-refractivity contribution is -0.169. The highest BCUT2D eigenvalue weighted by molar-refractivity contribution is 5.79. The number of ether oxygens (including phenoxy) is 1. The first-order valence-corrected chi connectivity index (χ1v) is 6.55. The van der Waals surface area contributed by atoms with Gasteiger partial charge in [-0.2, -0.15) is 0 Å². The molecule has 0 aromatic heterocycles. The zero-order valence-electron chi connectivity index (χ0n) is 11.6. The number of benzene rings is 1. The van der Waals surface area contributed by atoms with Gasteiger partial charge >= 0.3 is 5.97 Å². The molecule has 0 fully saturated rings. The van der Waals surface area contributed by atoms with Crippen molar-refractivity contribution in [3.63, 3.8) is 0 Å². The highest BCUT2D eigenvalue weighted by Crippen LogP contribution is 2.30. The lowest BCUT2D eigenvalue weighted by Gasteiger charge is -2.29. The topological polar surface area (TPSA) is 46.5 Å². The van der Waals surface area contributed by atoms with Gasteiger partial charge in [0.15, 0.2) is 5.60 Å². The third kappa shape index (κ3) is 3.77. The molecule has 0 aliphatic heterocycles. The van der Waals surface area contributed by atoms with Crippen LogP contribution in [0, 0.1) is 11.7 Å². The fourth-order valence-electron chi connectivity index (χ4n) is 1.91. The Kier molecular flexibility index (Phi) is 5.48. The quantitative estimate of drug-likeness (QED) is 0.822. The lowest BCUT2D eigenvalue weighted by Crippen LogP contribution is -2.38. The number of carbonyl (C=O) groups is 1. The van der Waals surface area contributed by atoms with E-state index in [1.54, 1.807) is 6.92 Å². The Bertz CT molecular complexity index is 414. The van der Waals surface area contributed by atoms with Gasteiger partial charge in [0, 0.05) is 6.61 Å². The average Bonchev–Trinajstić information content (AvgIpc) is 2.35. The molecular formula is C15H21FO3.